The Balaban J connectivity index is 1.50. The van der Waals surface area contributed by atoms with Crippen LogP contribution in [0.1, 0.15) is 55.2 Å². The molecule has 3 atom stereocenters. The Morgan fingerprint density at radius 3 is 2.46 bits per heavy atom. The van der Waals surface area contributed by atoms with E-state index in [2.05, 4.69) is 20.3 Å². The predicted octanol–water partition coefficient (Wildman–Crippen LogP) is 5.55. The lowest BCUT2D eigenvalue weighted by Gasteiger charge is -2.50. The lowest BCUT2D eigenvalue weighted by atomic mass is 9.87. The van der Waals surface area contributed by atoms with Gasteiger partial charge < -0.3 is 14.4 Å². The number of aromatic amines is 1. The molecule has 2 saturated heterocycles. The normalized spacial score (nSPS) is 23.4. The van der Waals surface area contributed by atoms with Gasteiger partial charge in [0.15, 0.2) is 12.1 Å². The van der Waals surface area contributed by atoms with Gasteiger partial charge in [0.25, 0.3) is 0 Å². The Labute approximate surface area is 222 Å². The highest BCUT2D eigenvalue weighted by atomic mass is 19.4. The van der Waals surface area contributed by atoms with Crippen LogP contribution in [0.4, 0.5) is 27.8 Å². The minimum absolute atomic E-state index is 0.0145. The van der Waals surface area contributed by atoms with Crippen LogP contribution in [0, 0.1) is 11.6 Å². The summed E-state index contributed by atoms with van der Waals surface area (Å²) >= 11 is 0. The number of likely N-dealkylation sites (tertiary alicyclic amines) is 1. The number of morpholine rings is 1. The Morgan fingerprint density at radius 2 is 1.77 bits per heavy atom. The summed E-state index contributed by atoms with van der Waals surface area (Å²) in [6.45, 7) is 6.52. The van der Waals surface area contributed by atoms with Crippen LogP contribution in [0.15, 0.2) is 42.5 Å². The molecule has 0 saturated carbocycles. The number of H-pyrrole nitrogens is 1. The van der Waals surface area contributed by atoms with Gasteiger partial charge >= 0.3 is 6.18 Å². The highest BCUT2D eigenvalue weighted by molar-refractivity contribution is 5.50. The molecule has 2 fully saturated rings. The first-order valence-electron chi connectivity index (χ1n) is 12.9. The van der Waals surface area contributed by atoms with Crippen LogP contribution >= 0.6 is 0 Å². The van der Waals surface area contributed by atoms with E-state index in [-0.39, 0.29) is 12.2 Å². The van der Waals surface area contributed by atoms with Crippen molar-refractivity contribution in [2.24, 2.45) is 0 Å². The third-order valence-corrected chi connectivity index (χ3v) is 7.50. The van der Waals surface area contributed by atoms with E-state index in [9.17, 15) is 22.0 Å². The number of nitrogens with one attached hydrogen (secondary N) is 1. The van der Waals surface area contributed by atoms with Crippen LogP contribution in [0.25, 0.3) is 0 Å². The molecule has 1 aromatic heterocycles. The topological polar surface area (TPSA) is 66.5 Å². The van der Waals surface area contributed by atoms with Crippen molar-refractivity contribution in [2.45, 2.75) is 57.3 Å². The minimum atomic E-state index is -4.71. The van der Waals surface area contributed by atoms with E-state index in [0.717, 1.165) is 43.8 Å². The zero-order chi connectivity index (χ0) is 27.8. The van der Waals surface area contributed by atoms with E-state index in [1.54, 1.807) is 12.1 Å². The summed E-state index contributed by atoms with van der Waals surface area (Å²) in [5.74, 6) is -0.854. The highest BCUT2D eigenvalue weighted by Crippen LogP contribution is 2.42. The fourth-order valence-corrected chi connectivity index (χ4v) is 5.35. The van der Waals surface area contributed by atoms with Crippen molar-refractivity contribution in [3.8, 4) is 0 Å². The summed E-state index contributed by atoms with van der Waals surface area (Å²) < 4.78 is 80.4. The van der Waals surface area contributed by atoms with Crippen LogP contribution in [-0.2, 0) is 27.7 Å². The van der Waals surface area contributed by atoms with Crippen molar-refractivity contribution in [1.82, 2.24) is 20.3 Å². The number of ether oxygens (including phenoxy) is 2. The lowest BCUT2D eigenvalue weighted by molar-refractivity contribution is -0.216. The molecule has 0 radical (unpaired) electrons. The molecule has 3 heterocycles. The molecular weight excluding hydrogens is 521 g/mol. The van der Waals surface area contributed by atoms with Crippen LogP contribution in [0.3, 0.4) is 0 Å². The maximum atomic E-state index is 14.2. The average Bonchev–Trinajstić information content (AvgIpc) is 3.57. The maximum Gasteiger partial charge on any atom is 0.416 e. The van der Waals surface area contributed by atoms with Gasteiger partial charge in [0, 0.05) is 13.1 Å². The highest BCUT2D eigenvalue weighted by Gasteiger charge is 2.48. The first-order valence-corrected chi connectivity index (χ1v) is 12.9. The van der Waals surface area contributed by atoms with Crippen molar-refractivity contribution in [3.63, 3.8) is 0 Å². The van der Waals surface area contributed by atoms with Crippen molar-refractivity contribution >= 4 is 5.82 Å². The Hall–Kier alpha value is -3.09. The standard InChI is InChI=1S/C27H30F5N5O2/c1-17(18-13-20(27(30,31)32)15-22(29)14-18)39-25-26(2,19-5-7-21(28)8-6-19)37(11-12-38-25)24-23(33-35-34-24)16-36-9-3-4-10-36/h5-8,13-15,17,25H,3-4,9-12,16H2,1-2H3,(H,33,34,35)/t17-,25-,26+/m1/s1. The first-order chi connectivity index (χ1) is 18.6. The molecule has 0 amide bonds. The molecule has 2 aromatic carbocycles. The van der Waals surface area contributed by atoms with Crippen LogP contribution in [-0.4, -0.2) is 52.8 Å². The molecule has 2 aliphatic heterocycles. The number of benzene rings is 2. The molecule has 0 bridgehead atoms. The number of alkyl halides is 3. The number of hydrogen-bond donors (Lipinski definition) is 1. The van der Waals surface area contributed by atoms with Crippen LogP contribution < -0.4 is 4.90 Å². The fourth-order valence-electron chi connectivity index (χ4n) is 5.35. The van der Waals surface area contributed by atoms with Gasteiger partial charge in [-0.1, -0.05) is 12.1 Å². The third-order valence-electron chi connectivity index (χ3n) is 7.50. The van der Waals surface area contributed by atoms with Crippen LogP contribution in [0.2, 0.25) is 0 Å². The molecule has 2 aliphatic rings. The molecule has 0 unspecified atom stereocenters. The maximum absolute atomic E-state index is 14.2. The molecule has 5 rings (SSSR count). The molecule has 0 spiro atoms. The summed E-state index contributed by atoms with van der Waals surface area (Å²) in [4.78, 5) is 4.26. The molecule has 3 aromatic rings. The van der Waals surface area contributed by atoms with E-state index < -0.39 is 41.3 Å². The molecule has 210 valence electrons. The fraction of sp³-hybridized carbons (Fsp3) is 0.481. The summed E-state index contributed by atoms with van der Waals surface area (Å²) in [5, 5.41) is 11.6. The van der Waals surface area contributed by atoms with E-state index in [1.807, 2.05) is 11.8 Å². The second kappa shape index (κ2) is 10.8. The molecule has 1 N–H and O–H groups in total. The Morgan fingerprint density at radius 1 is 1.05 bits per heavy atom. The number of nitrogens with zero attached hydrogens (tertiary/aromatic N) is 4. The first kappa shape index (κ1) is 27.5. The summed E-state index contributed by atoms with van der Waals surface area (Å²) in [6, 6.07) is 8.21. The third kappa shape index (κ3) is 5.64. The number of aromatic nitrogens is 3. The van der Waals surface area contributed by atoms with Gasteiger partial charge in [-0.05, 0) is 81.2 Å². The number of anilines is 1. The summed E-state index contributed by atoms with van der Waals surface area (Å²) in [5.41, 5.74) is -0.794. The molecular formula is C27H30F5N5O2. The summed E-state index contributed by atoms with van der Waals surface area (Å²) in [6.07, 6.45) is -4.48. The van der Waals surface area contributed by atoms with Gasteiger partial charge in [-0.3, -0.25) is 4.90 Å². The van der Waals surface area contributed by atoms with Gasteiger partial charge in [0.1, 0.15) is 22.9 Å². The van der Waals surface area contributed by atoms with Crippen molar-refractivity contribution in [2.75, 3.05) is 31.1 Å². The smallest absolute Gasteiger partial charge is 0.348 e. The quantitative estimate of drug-likeness (QED) is 0.389. The molecule has 12 heteroatoms. The second-order valence-electron chi connectivity index (χ2n) is 10.1. The number of rotatable bonds is 7. The summed E-state index contributed by atoms with van der Waals surface area (Å²) in [7, 11) is 0. The van der Waals surface area contributed by atoms with Crippen LogP contribution in [0.5, 0.6) is 0 Å². The van der Waals surface area contributed by atoms with Crippen molar-refractivity contribution in [3.05, 3.63) is 76.5 Å². The zero-order valence-electron chi connectivity index (χ0n) is 21.6. The van der Waals surface area contributed by atoms with Crippen molar-refractivity contribution < 1.29 is 31.4 Å². The average molecular weight is 552 g/mol. The van der Waals surface area contributed by atoms with Gasteiger partial charge in [-0.15, -0.1) is 5.10 Å². The SMILES string of the molecule is C[C@@H](O[C@H]1OCCN(c2n[nH]nc2CN2CCCC2)[C@@]1(C)c1ccc(F)cc1)c1cc(F)cc(C(F)(F)F)c1. The van der Waals surface area contributed by atoms with Gasteiger partial charge in [-0.2, -0.15) is 23.5 Å². The predicted molar refractivity (Wildman–Crippen MR) is 133 cm³/mol. The van der Waals surface area contributed by atoms with E-state index >= 15 is 0 Å². The number of halogens is 5. The van der Waals surface area contributed by atoms with Crippen molar-refractivity contribution in [1.29, 1.82) is 0 Å². The van der Waals surface area contributed by atoms with E-state index in [4.69, 9.17) is 9.47 Å². The zero-order valence-corrected chi connectivity index (χ0v) is 21.6. The number of hydrogen-bond acceptors (Lipinski definition) is 6. The van der Waals surface area contributed by atoms with E-state index in [0.29, 0.717) is 30.5 Å². The second-order valence-corrected chi connectivity index (χ2v) is 10.1. The largest absolute Gasteiger partial charge is 0.416 e. The monoisotopic (exact) mass is 551 g/mol. The molecule has 7 nitrogen and oxygen atoms in total. The van der Waals surface area contributed by atoms with Gasteiger partial charge in [0.2, 0.25) is 0 Å². The molecule has 39 heavy (non-hydrogen) atoms. The minimum Gasteiger partial charge on any atom is -0.348 e. The lowest BCUT2D eigenvalue weighted by Crippen LogP contribution is -2.60. The van der Waals surface area contributed by atoms with Gasteiger partial charge in [0.05, 0.1) is 18.3 Å². The van der Waals surface area contributed by atoms with E-state index in [1.165, 1.54) is 19.1 Å². The van der Waals surface area contributed by atoms with Gasteiger partial charge in [-0.25, -0.2) is 8.78 Å². The Kier molecular flexibility index (Phi) is 7.62. The Bertz CT molecular complexity index is 1280. The molecule has 0 aliphatic carbocycles.